The van der Waals surface area contributed by atoms with E-state index in [9.17, 15) is 39.1 Å². The van der Waals surface area contributed by atoms with E-state index in [-0.39, 0.29) is 52.1 Å². The maximum Gasteiger partial charge on any atom is 0.397 e. The van der Waals surface area contributed by atoms with Crippen LogP contribution in [0.4, 0.5) is 0 Å². The Morgan fingerprint density at radius 3 is 2.24 bits per heavy atom. The van der Waals surface area contributed by atoms with Gasteiger partial charge in [0, 0.05) is 23.7 Å². The van der Waals surface area contributed by atoms with E-state index in [1.807, 2.05) is 6.92 Å². The fourth-order valence-electron chi connectivity index (χ4n) is 14.4. The zero-order chi connectivity index (χ0) is 42.2. The van der Waals surface area contributed by atoms with Gasteiger partial charge in [-0.25, -0.2) is 4.18 Å². The van der Waals surface area contributed by atoms with Crippen LogP contribution in [0, 0.1) is 51.2 Å². The maximum absolute atomic E-state index is 12.3. The third kappa shape index (κ3) is 6.54. The Kier molecular flexibility index (Phi) is 11.0. The minimum absolute atomic E-state index is 0.0308. The van der Waals surface area contributed by atoms with Crippen molar-refractivity contribution in [1.82, 2.24) is 0 Å². The molecule has 20 unspecified atom stereocenters. The quantitative estimate of drug-likeness (QED) is 0.105. The Morgan fingerprint density at radius 1 is 0.828 bits per heavy atom. The topological polar surface area (TPSA) is 240 Å². The lowest BCUT2D eigenvalue weighted by Crippen LogP contribution is -2.68. The molecule has 8 fully saturated rings. The lowest BCUT2D eigenvalue weighted by Gasteiger charge is -2.70. The van der Waals surface area contributed by atoms with Crippen LogP contribution in [0.5, 0.6) is 0 Å². The highest BCUT2D eigenvalue weighted by Gasteiger charge is 2.81. The van der Waals surface area contributed by atoms with Crippen LogP contribution in [-0.4, -0.2) is 143 Å². The molecule has 2 bridgehead atoms. The van der Waals surface area contributed by atoms with Gasteiger partial charge in [0.2, 0.25) is 0 Å². The van der Waals surface area contributed by atoms with Crippen LogP contribution >= 0.6 is 0 Å². The molecule has 0 aromatic rings. The third-order valence-electron chi connectivity index (χ3n) is 17.1. The average molecular weight is 847 g/mol. The van der Waals surface area contributed by atoms with Crippen molar-refractivity contribution < 1.29 is 76.2 Å². The van der Waals surface area contributed by atoms with Crippen molar-refractivity contribution in [2.24, 2.45) is 51.2 Å². The van der Waals surface area contributed by atoms with E-state index < -0.39 is 83.7 Å². The van der Waals surface area contributed by atoms with E-state index in [0.717, 1.165) is 38.5 Å². The van der Waals surface area contributed by atoms with Gasteiger partial charge in [-0.2, -0.15) is 8.42 Å². The summed E-state index contributed by atoms with van der Waals surface area (Å²) in [5.41, 5.74) is -0.319. The first-order valence-electron chi connectivity index (χ1n) is 21.2. The molecule has 4 aliphatic carbocycles. The smallest absolute Gasteiger partial charge is 0.389 e. The highest BCUT2D eigenvalue weighted by atomic mass is 32.3. The number of aliphatic hydroxyl groups excluding tert-OH is 5. The van der Waals surface area contributed by atoms with Gasteiger partial charge < -0.3 is 59.1 Å². The molecule has 8 rings (SSSR count). The van der Waals surface area contributed by atoms with Crippen LogP contribution in [0.15, 0.2) is 11.6 Å². The molecule has 4 saturated carbocycles. The first-order valence-corrected chi connectivity index (χ1v) is 22.5. The molecule has 4 heterocycles. The summed E-state index contributed by atoms with van der Waals surface area (Å²) >= 11 is 0. The standard InChI is InChI=1S/C41H66O16S/c1-20(2)14-21-15-52-41-18-40(19-53-41)22(33(41)39(21,7)47)8-9-26-37(5)12-11-27(36(3,4)25(37)10-13-38(26,40)6)56-34-31(46)32(23(42)16-51-34)57-35-30(45)29(44)28(43)24(55-35)17-54-58(48,49)50/h14,21-35,42-47H,8-13,15-19H2,1-7H3,(H,48,49,50). The lowest BCUT2D eigenvalue weighted by molar-refractivity contribution is -0.357. The highest BCUT2D eigenvalue weighted by Crippen LogP contribution is 2.80. The summed E-state index contributed by atoms with van der Waals surface area (Å²) in [6.07, 6.45) is -6.20. The number of hydrogen-bond acceptors (Lipinski definition) is 15. The summed E-state index contributed by atoms with van der Waals surface area (Å²) < 4.78 is 72.9. The molecule has 2 spiro atoms. The second-order valence-corrected chi connectivity index (χ2v) is 21.7. The molecule has 20 atom stereocenters. The molecule has 16 nitrogen and oxygen atoms in total. The first kappa shape index (κ1) is 43.8. The van der Waals surface area contributed by atoms with Gasteiger partial charge in [0.25, 0.3) is 0 Å². The molecule has 7 N–H and O–H groups in total. The Labute approximate surface area is 341 Å². The normalized spacial score (nSPS) is 54.8. The van der Waals surface area contributed by atoms with Gasteiger partial charge in [0.1, 0.15) is 42.7 Å². The van der Waals surface area contributed by atoms with Crippen molar-refractivity contribution >= 4 is 10.4 Å². The summed E-state index contributed by atoms with van der Waals surface area (Å²) in [7, 11) is -4.92. The van der Waals surface area contributed by atoms with Crippen LogP contribution in [0.2, 0.25) is 0 Å². The van der Waals surface area contributed by atoms with Crippen LogP contribution in [0.3, 0.4) is 0 Å². The van der Waals surface area contributed by atoms with Crippen molar-refractivity contribution in [3.05, 3.63) is 11.6 Å². The van der Waals surface area contributed by atoms with Gasteiger partial charge in [-0.15, -0.1) is 0 Å². The Balaban J connectivity index is 0.973. The molecule has 0 amide bonds. The van der Waals surface area contributed by atoms with E-state index in [4.69, 9.17) is 33.0 Å². The number of allylic oxidation sites excluding steroid dienone is 1. The predicted octanol–water partition coefficient (Wildman–Crippen LogP) is 1.83. The molecular formula is C41H66O16S. The summed E-state index contributed by atoms with van der Waals surface area (Å²) in [6.45, 7) is 15.4. The molecule has 4 saturated heterocycles. The molecule has 8 aliphatic rings. The van der Waals surface area contributed by atoms with Crippen molar-refractivity contribution in [2.75, 3.05) is 26.4 Å². The summed E-state index contributed by atoms with van der Waals surface area (Å²) in [6, 6.07) is 0. The van der Waals surface area contributed by atoms with Crippen molar-refractivity contribution in [1.29, 1.82) is 0 Å². The third-order valence-corrected chi connectivity index (χ3v) is 17.5. The van der Waals surface area contributed by atoms with Crippen molar-refractivity contribution in [3.63, 3.8) is 0 Å². The number of rotatable bonds is 8. The Hall–Kier alpha value is -0.870. The lowest BCUT2D eigenvalue weighted by atomic mass is 9.35. The highest BCUT2D eigenvalue weighted by molar-refractivity contribution is 7.80. The summed E-state index contributed by atoms with van der Waals surface area (Å²) in [5, 5.41) is 66.2. The van der Waals surface area contributed by atoms with Crippen LogP contribution in [0.1, 0.15) is 93.4 Å². The zero-order valence-electron chi connectivity index (χ0n) is 34.7. The van der Waals surface area contributed by atoms with Gasteiger partial charge in [-0.05, 0) is 93.3 Å². The summed E-state index contributed by atoms with van der Waals surface area (Å²) in [5.74, 6) is -0.00618. The fourth-order valence-corrected chi connectivity index (χ4v) is 14.7. The van der Waals surface area contributed by atoms with E-state index in [0.29, 0.717) is 31.5 Å². The fraction of sp³-hybridized carbons (Fsp3) is 0.951. The van der Waals surface area contributed by atoms with Gasteiger partial charge in [-0.3, -0.25) is 4.55 Å². The number of ether oxygens (including phenoxy) is 6. The first-order chi connectivity index (χ1) is 26.9. The van der Waals surface area contributed by atoms with E-state index >= 15 is 0 Å². The maximum atomic E-state index is 12.3. The van der Waals surface area contributed by atoms with E-state index in [1.54, 1.807) is 0 Å². The van der Waals surface area contributed by atoms with E-state index in [1.165, 1.54) is 5.57 Å². The van der Waals surface area contributed by atoms with Crippen molar-refractivity contribution in [2.45, 2.75) is 166 Å². The predicted molar refractivity (Wildman–Crippen MR) is 203 cm³/mol. The van der Waals surface area contributed by atoms with Crippen LogP contribution < -0.4 is 0 Å². The number of aliphatic hydroxyl groups is 6. The Morgan fingerprint density at radius 2 is 1.55 bits per heavy atom. The molecule has 0 radical (unpaired) electrons. The number of fused-ring (bicyclic) bond motifs is 4. The monoisotopic (exact) mass is 846 g/mol. The molecule has 332 valence electrons. The molecular weight excluding hydrogens is 781 g/mol. The van der Waals surface area contributed by atoms with Crippen molar-refractivity contribution in [3.8, 4) is 0 Å². The van der Waals surface area contributed by atoms with Gasteiger partial charge in [-0.1, -0.05) is 39.3 Å². The van der Waals surface area contributed by atoms with Gasteiger partial charge in [0.05, 0.1) is 38.1 Å². The molecule has 0 aromatic heterocycles. The Bertz CT molecular complexity index is 1700. The second-order valence-electron chi connectivity index (χ2n) is 20.6. The van der Waals surface area contributed by atoms with Crippen LogP contribution in [-0.2, 0) is 43.0 Å². The number of hydrogen-bond donors (Lipinski definition) is 7. The second kappa shape index (κ2) is 14.6. The molecule has 17 heteroatoms. The van der Waals surface area contributed by atoms with Gasteiger partial charge in [0.15, 0.2) is 18.4 Å². The van der Waals surface area contributed by atoms with Gasteiger partial charge >= 0.3 is 10.4 Å². The molecule has 0 aromatic carbocycles. The zero-order valence-corrected chi connectivity index (χ0v) is 35.5. The largest absolute Gasteiger partial charge is 0.397 e. The minimum atomic E-state index is -4.92. The van der Waals surface area contributed by atoms with E-state index in [2.05, 4.69) is 51.8 Å². The van der Waals surface area contributed by atoms with Crippen LogP contribution in [0.25, 0.3) is 0 Å². The SMILES string of the molecule is CC(C)=CC1COC23CC4(CO2)C(CCC2C5(C)CCC(OC6OCC(O)C(OC7OC(COS(=O)(=O)O)C(O)C(O)C7O)C6O)C(C)(C)C5CCC24C)C3C1(C)O. The molecule has 58 heavy (non-hydrogen) atoms. The summed E-state index contributed by atoms with van der Waals surface area (Å²) in [4.78, 5) is 0. The molecule has 4 aliphatic heterocycles. The average Bonchev–Trinajstić information content (AvgIpc) is 3.66. The minimum Gasteiger partial charge on any atom is -0.389 e.